The molecule has 1 N–H and O–H groups in total. The van der Waals surface area contributed by atoms with Gasteiger partial charge in [-0.05, 0) is 30.7 Å². The van der Waals surface area contributed by atoms with E-state index in [9.17, 15) is 13.6 Å². The Kier molecular flexibility index (Phi) is 5.34. The number of methoxy groups -OCH3 is 1. The number of aryl methyl sites for hydroxylation is 1. The highest BCUT2D eigenvalue weighted by molar-refractivity contribution is 6.33. The molecule has 2 aromatic rings. The number of hydrogen-bond acceptors (Lipinski definition) is 3. The Morgan fingerprint density at radius 2 is 1.96 bits per heavy atom. The van der Waals surface area contributed by atoms with Crippen LogP contribution in [0.2, 0.25) is 5.02 Å². The molecule has 0 radical (unpaired) electrons. The maximum atomic E-state index is 13.6. The number of halogens is 3. The number of allylic oxidation sites excluding steroid dienone is 1. The first-order valence-corrected chi connectivity index (χ1v) is 7.06. The summed E-state index contributed by atoms with van der Waals surface area (Å²) in [4.78, 5) is 12.0. The summed E-state index contributed by atoms with van der Waals surface area (Å²) in [5.41, 5.74) is 0.573. The third-order valence-electron chi connectivity index (χ3n) is 3.16. The minimum atomic E-state index is -0.898. The Morgan fingerprint density at radius 3 is 2.61 bits per heavy atom. The fourth-order valence-corrected chi connectivity index (χ4v) is 2.11. The number of carbonyl (C=O) groups excluding carboxylic acids is 1. The molecule has 0 aromatic heterocycles. The lowest BCUT2D eigenvalue weighted by molar-refractivity contribution is 0.104. The number of ketones is 1. The summed E-state index contributed by atoms with van der Waals surface area (Å²) in [5, 5.41) is 3.23. The van der Waals surface area contributed by atoms with E-state index in [0.29, 0.717) is 22.5 Å². The fourth-order valence-electron chi connectivity index (χ4n) is 1.88. The lowest BCUT2D eigenvalue weighted by Gasteiger charge is -2.06. The van der Waals surface area contributed by atoms with Gasteiger partial charge in [0.2, 0.25) is 0 Å². The number of ether oxygens (including phenoxy) is 1. The van der Waals surface area contributed by atoms with Crippen molar-refractivity contribution in [3.8, 4) is 5.75 Å². The van der Waals surface area contributed by atoms with Crippen LogP contribution >= 0.6 is 11.6 Å². The zero-order chi connectivity index (χ0) is 17.0. The van der Waals surface area contributed by atoms with E-state index in [0.717, 1.165) is 6.08 Å². The summed E-state index contributed by atoms with van der Waals surface area (Å²) in [6.07, 6.45) is 2.49. The molecule has 3 nitrogen and oxygen atoms in total. The number of anilines is 1. The van der Waals surface area contributed by atoms with Gasteiger partial charge in [-0.1, -0.05) is 11.6 Å². The van der Waals surface area contributed by atoms with Gasteiger partial charge in [-0.3, -0.25) is 4.79 Å². The van der Waals surface area contributed by atoms with Crippen LogP contribution < -0.4 is 10.1 Å². The Labute approximate surface area is 137 Å². The third kappa shape index (κ3) is 4.07. The monoisotopic (exact) mass is 337 g/mol. The first kappa shape index (κ1) is 17.0. The first-order valence-electron chi connectivity index (χ1n) is 6.69. The van der Waals surface area contributed by atoms with E-state index < -0.39 is 17.4 Å². The molecule has 120 valence electrons. The van der Waals surface area contributed by atoms with Crippen LogP contribution in [0.1, 0.15) is 15.9 Å². The summed E-state index contributed by atoms with van der Waals surface area (Å²) in [6.45, 7) is 1.46. The number of hydrogen-bond donors (Lipinski definition) is 1. The van der Waals surface area contributed by atoms with Crippen LogP contribution in [0.5, 0.6) is 5.75 Å². The predicted octanol–water partition coefficient (Wildman–Crippen LogP) is 4.74. The van der Waals surface area contributed by atoms with Crippen LogP contribution in [-0.4, -0.2) is 12.9 Å². The van der Waals surface area contributed by atoms with Gasteiger partial charge in [0.25, 0.3) is 0 Å². The maximum absolute atomic E-state index is 13.6. The average Bonchev–Trinajstić information content (AvgIpc) is 2.52. The second kappa shape index (κ2) is 7.24. The summed E-state index contributed by atoms with van der Waals surface area (Å²) in [5.74, 6) is -1.57. The largest absolute Gasteiger partial charge is 0.497 e. The third-order valence-corrected chi connectivity index (χ3v) is 3.48. The highest BCUT2D eigenvalue weighted by Crippen LogP contribution is 2.26. The van der Waals surface area contributed by atoms with Crippen LogP contribution in [-0.2, 0) is 0 Å². The van der Waals surface area contributed by atoms with Crippen molar-refractivity contribution in [1.29, 1.82) is 0 Å². The van der Waals surface area contributed by atoms with E-state index in [4.69, 9.17) is 16.3 Å². The number of carbonyl (C=O) groups is 1. The molecule has 0 saturated carbocycles. The number of nitrogens with one attached hydrogen (secondary N) is 1. The second-order valence-electron chi connectivity index (χ2n) is 4.77. The first-order chi connectivity index (χ1) is 10.9. The highest BCUT2D eigenvalue weighted by Gasteiger charge is 2.12. The molecule has 0 bridgehead atoms. The molecule has 0 unspecified atom stereocenters. The minimum Gasteiger partial charge on any atom is -0.497 e. The van der Waals surface area contributed by atoms with Gasteiger partial charge in [-0.15, -0.1) is 0 Å². The topological polar surface area (TPSA) is 38.3 Å². The van der Waals surface area contributed by atoms with Crippen LogP contribution in [0, 0.1) is 18.6 Å². The van der Waals surface area contributed by atoms with Crippen LogP contribution in [0.25, 0.3) is 0 Å². The normalized spacial score (nSPS) is 10.8. The summed E-state index contributed by atoms with van der Waals surface area (Å²) < 4.78 is 31.9. The number of rotatable bonds is 5. The molecule has 0 aliphatic carbocycles. The van der Waals surface area contributed by atoms with Gasteiger partial charge < -0.3 is 10.1 Å². The van der Waals surface area contributed by atoms with E-state index in [1.54, 1.807) is 18.2 Å². The van der Waals surface area contributed by atoms with Crippen molar-refractivity contribution >= 4 is 23.1 Å². The highest BCUT2D eigenvalue weighted by atomic mass is 35.5. The SMILES string of the molecule is COc1ccc(N/C=C/C(=O)c2cc(C)c(F)cc2F)c(Cl)c1. The van der Waals surface area contributed by atoms with Gasteiger partial charge in [0.15, 0.2) is 5.78 Å². The van der Waals surface area contributed by atoms with Gasteiger partial charge in [-0.25, -0.2) is 8.78 Å². The minimum absolute atomic E-state index is 0.192. The van der Waals surface area contributed by atoms with E-state index in [2.05, 4.69) is 5.32 Å². The van der Waals surface area contributed by atoms with Gasteiger partial charge in [0.1, 0.15) is 17.4 Å². The Hall–Kier alpha value is -2.40. The lowest BCUT2D eigenvalue weighted by Crippen LogP contribution is -2.02. The zero-order valence-corrected chi connectivity index (χ0v) is 13.2. The van der Waals surface area contributed by atoms with Crippen molar-refractivity contribution in [1.82, 2.24) is 0 Å². The second-order valence-corrected chi connectivity index (χ2v) is 5.18. The summed E-state index contributed by atoms with van der Waals surface area (Å²) in [6, 6.07) is 6.87. The van der Waals surface area contributed by atoms with Crippen LogP contribution in [0.15, 0.2) is 42.6 Å². The van der Waals surface area contributed by atoms with Crippen molar-refractivity contribution < 1.29 is 18.3 Å². The van der Waals surface area contributed by atoms with Crippen molar-refractivity contribution in [2.24, 2.45) is 0 Å². The molecule has 23 heavy (non-hydrogen) atoms. The molecule has 2 rings (SSSR count). The lowest BCUT2D eigenvalue weighted by atomic mass is 10.1. The molecule has 0 spiro atoms. The van der Waals surface area contributed by atoms with Crippen LogP contribution in [0.3, 0.4) is 0 Å². The van der Waals surface area contributed by atoms with E-state index >= 15 is 0 Å². The zero-order valence-electron chi connectivity index (χ0n) is 12.5. The average molecular weight is 338 g/mol. The quantitative estimate of drug-likeness (QED) is 0.632. The predicted molar refractivity (Wildman–Crippen MR) is 86.2 cm³/mol. The summed E-state index contributed by atoms with van der Waals surface area (Å²) >= 11 is 6.04. The molecule has 0 atom stereocenters. The van der Waals surface area contributed by atoms with Gasteiger partial charge in [-0.2, -0.15) is 0 Å². The Balaban J connectivity index is 2.12. The molecule has 0 fully saturated rings. The molecule has 0 aliphatic heterocycles. The molecule has 2 aromatic carbocycles. The van der Waals surface area contributed by atoms with Gasteiger partial charge in [0, 0.05) is 24.4 Å². The fraction of sp³-hybridized carbons (Fsp3) is 0.118. The molecule has 0 saturated heterocycles. The Bertz CT molecular complexity index is 775. The standard InChI is InChI=1S/C17H14ClF2NO2/c1-10-7-12(15(20)9-14(10)19)17(22)5-6-21-16-4-3-11(23-2)8-13(16)18/h3-9,21H,1-2H3/b6-5+. The van der Waals surface area contributed by atoms with Crippen molar-refractivity contribution in [3.63, 3.8) is 0 Å². The molecule has 6 heteroatoms. The van der Waals surface area contributed by atoms with Crippen molar-refractivity contribution in [2.45, 2.75) is 6.92 Å². The Morgan fingerprint density at radius 1 is 1.22 bits per heavy atom. The van der Waals surface area contributed by atoms with E-state index in [1.165, 1.54) is 26.3 Å². The molecule has 0 heterocycles. The van der Waals surface area contributed by atoms with Gasteiger partial charge in [0.05, 0.1) is 23.4 Å². The number of benzene rings is 2. The molecular formula is C17H14ClF2NO2. The van der Waals surface area contributed by atoms with Crippen molar-refractivity contribution in [2.75, 3.05) is 12.4 Å². The molecular weight excluding hydrogens is 324 g/mol. The smallest absolute Gasteiger partial charge is 0.190 e. The molecule has 0 amide bonds. The maximum Gasteiger partial charge on any atom is 0.190 e. The van der Waals surface area contributed by atoms with E-state index in [-0.39, 0.29) is 11.1 Å². The van der Waals surface area contributed by atoms with Crippen LogP contribution in [0.4, 0.5) is 14.5 Å². The van der Waals surface area contributed by atoms with E-state index in [1.807, 2.05) is 0 Å². The van der Waals surface area contributed by atoms with Crippen molar-refractivity contribution in [3.05, 3.63) is 70.4 Å². The summed E-state index contributed by atoms with van der Waals surface area (Å²) in [7, 11) is 1.52. The van der Waals surface area contributed by atoms with Gasteiger partial charge >= 0.3 is 0 Å². The molecule has 0 aliphatic rings.